The van der Waals surface area contributed by atoms with Gasteiger partial charge in [-0.2, -0.15) is 0 Å². The maximum absolute atomic E-state index is 13.7. The summed E-state index contributed by atoms with van der Waals surface area (Å²) in [6.07, 6.45) is 0. The molecule has 2 aromatic carbocycles. The van der Waals surface area contributed by atoms with E-state index in [1.165, 1.54) is 18.2 Å². The van der Waals surface area contributed by atoms with Gasteiger partial charge in [0, 0.05) is 29.7 Å². The van der Waals surface area contributed by atoms with Crippen molar-refractivity contribution in [3.8, 4) is 0 Å². The number of hydrogen-bond donors (Lipinski definition) is 1. The Morgan fingerprint density at radius 1 is 1.19 bits per heavy atom. The van der Waals surface area contributed by atoms with E-state index in [1.54, 1.807) is 24.3 Å². The van der Waals surface area contributed by atoms with Crippen LogP contribution in [-0.4, -0.2) is 18.5 Å². The number of hydrogen-bond acceptors (Lipinski definition) is 2. The van der Waals surface area contributed by atoms with Crippen LogP contribution >= 0.6 is 11.6 Å². The van der Waals surface area contributed by atoms with Gasteiger partial charge in [0.25, 0.3) is 0 Å². The number of rotatable bonds is 5. The van der Waals surface area contributed by atoms with E-state index in [2.05, 4.69) is 0 Å². The van der Waals surface area contributed by atoms with Crippen LogP contribution in [0, 0.1) is 11.6 Å². The zero-order valence-electron chi connectivity index (χ0n) is 11.7. The first-order valence-corrected chi connectivity index (χ1v) is 6.99. The molecule has 0 aromatic heterocycles. The highest BCUT2D eigenvalue weighted by Crippen LogP contribution is 2.28. The smallest absolute Gasteiger partial charge is 0.127 e. The fourth-order valence-electron chi connectivity index (χ4n) is 2.32. The van der Waals surface area contributed by atoms with Crippen LogP contribution in [0.3, 0.4) is 0 Å². The fraction of sp³-hybridized carbons (Fsp3) is 0.250. The average Bonchev–Trinajstić information content (AvgIpc) is 2.44. The second-order valence-corrected chi connectivity index (χ2v) is 5.33. The number of halogens is 3. The third-order valence-corrected chi connectivity index (χ3v) is 3.78. The Bertz CT molecular complexity index is 619. The predicted octanol–water partition coefficient (Wildman–Crippen LogP) is 3.75. The Hall–Kier alpha value is -1.49. The first-order valence-electron chi connectivity index (χ1n) is 6.61. The summed E-state index contributed by atoms with van der Waals surface area (Å²) in [7, 11) is 1.84. The Balaban J connectivity index is 2.22. The minimum Gasteiger partial charge on any atom is -0.329 e. The van der Waals surface area contributed by atoms with Crippen molar-refractivity contribution < 1.29 is 8.78 Å². The van der Waals surface area contributed by atoms with Gasteiger partial charge in [-0.3, -0.25) is 4.90 Å². The van der Waals surface area contributed by atoms with Crippen LogP contribution in [0.15, 0.2) is 42.5 Å². The molecule has 0 radical (unpaired) electrons. The fourth-order valence-corrected chi connectivity index (χ4v) is 2.61. The molecule has 0 saturated carbocycles. The number of nitrogens with two attached hydrogens (primary N) is 1. The summed E-state index contributed by atoms with van der Waals surface area (Å²) in [6.45, 7) is 0.693. The number of likely N-dealkylation sites (N-methyl/N-ethyl adjacent to an activating group) is 1. The van der Waals surface area contributed by atoms with Gasteiger partial charge in [-0.1, -0.05) is 35.9 Å². The SMILES string of the molecule is CN(Cc1ccccc1F)C(CN)c1ccc(F)cc1Cl. The van der Waals surface area contributed by atoms with Crippen molar-refractivity contribution in [3.63, 3.8) is 0 Å². The lowest BCUT2D eigenvalue weighted by Gasteiger charge is -2.28. The van der Waals surface area contributed by atoms with Crippen molar-refractivity contribution >= 4 is 11.6 Å². The van der Waals surface area contributed by atoms with E-state index in [9.17, 15) is 8.78 Å². The van der Waals surface area contributed by atoms with Crippen LogP contribution in [0.25, 0.3) is 0 Å². The summed E-state index contributed by atoms with van der Waals surface area (Å²) >= 11 is 6.09. The highest BCUT2D eigenvalue weighted by atomic mass is 35.5. The zero-order valence-corrected chi connectivity index (χ0v) is 12.4. The minimum absolute atomic E-state index is 0.210. The maximum Gasteiger partial charge on any atom is 0.127 e. The normalized spacial score (nSPS) is 12.7. The largest absolute Gasteiger partial charge is 0.329 e. The van der Waals surface area contributed by atoms with Gasteiger partial charge in [-0.15, -0.1) is 0 Å². The monoisotopic (exact) mass is 310 g/mol. The lowest BCUT2D eigenvalue weighted by molar-refractivity contribution is 0.238. The van der Waals surface area contributed by atoms with E-state index in [0.717, 1.165) is 5.56 Å². The molecule has 1 atom stereocenters. The summed E-state index contributed by atoms with van der Waals surface area (Å²) in [5, 5.41) is 0.325. The molecular weight excluding hydrogens is 294 g/mol. The van der Waals surface area contributed by atoms with Crippen LogP contribution in [0.1, 0.15) is 17.2 Å². The topological polar surface area (TPSA) is 29.3 Å². The number of benzene rings is 2. The first-order chi connectivity index (χ1) is 10.0. The maximum atomic E-state index is 13.7. The molecule has 0 aliphatic rings. The number of nitrogens with zero attached hydrogens (tertiary/aromatic N) is 1. The van der Waals surface area contributed by atoms with E-state index >= 15 is 0 Å². The second-order valence-electron chi connectivity index (χ2n) is 4.92. The zero-order chi connectivity index (χ0) is 15.4. The van der Waals surface area contributed by atoms with Crippen molar-refractivity contribution in [3.05, 3.63) is 70.2 Å². The Labute approximate surface area is 128 Å². The molecule has 2 N–H and O–H groups in total. The van der Waals surface area contributed by atoms with E-state index in [4.69, 9.17) is 17.3 Å². The molecule has 5 heteroatoms. The van der Waals surface area contributed by atoms with Crippen molar-refractivity contribution in [1.29, 1.82) is 0 Å². The molecule has 0 amide bonds. The molecule has 21 heavy (non-hydrogen) atoms. The van der Waals surface area contributed by atoms with Crippen molar-refractivity contribution in [1.82, 2.24) is 4.90 Å². The molecule has 112 valence electrons. The quantitative estimate of drug-likeness (QED) is 0.911. The van der Waals surface area contributed by atoms with Crippen LogP contribution < -0.4 is 5.73 Å². The van der Waals surface area contributed by atoms with Crippen LogP contribution in [0.4, 0.5) is 8.78 Å². The van der Waals surface area contributed by atoms with Gasteiger partial charge in [0.05, 0.1) is 0 Å². The molecule has 2 nitrogen and oxygen atoms in total. The Kier molecular flexibility index (Phi) is 5.28. The Morgan fingerprint density at radius 2 is 1.90 bits per heavy atom. The molecule has 0 saturated heterocycles. The highest BCUT2D eigenvalue weighted by molar-refractivity contribution is 6.31. The molecule has 0 fully saturated rings. The van der Waals surface area contributed by atoms with Crippen molar-refractivity contribution in [2.24, 2.45) is 5.73 Å². The molecule has 0 heterocycles. The minimum atomic E-state index is -0.392. The summed E-state index contributed by atoms with van der Waals surface area (Å²) in [5.74, 6) is -0.651. The molecule has 2 rings (SSSR count). The van der Waals surface area contributed by atoms with E-state index < -0.39 is 5.82 Å². The standard InChI is InChI=1S/C16H17ClF2N2/c1-21(10-11-4-2-3-5-15(11)19)16(9-20)13-7-6-12(18)8-14(13)17/h2-8,16H,9-10,20H2,1H3. The van der Waals surface area contributed by atoms with Gasteiger partial charge in [0.1, 0.15) is 11.6 Å². The van der Waals surface area contributed by atoms with Gasteiger partial charge in [0.15, 0.2) is 0 Å². The second kappa shape index (κ2) is 6.98. The molecule has 0 spiro atoms. The molecule has 0 aliphatic heterocycles. The molecule has 0 bridgehead atoms. The summed E-state index contributed by atoms with van der Waals surface area (Å²) < 4.78 is 26.9. The third-order valence-electron chi connectivity index (χ3n) is 3.45. The summed E-state index contributed by atoms with van der Waals surface area (Å²) in [4.78, 5) is 1.90. The van der Waals surface area contributed by atoms with Gasteiger partial charge in [0.2, 0.25) is 0 Å². The summed E-state index contributed by atoms with van der Waals surface area (Å²) in [6, 6.07) is 10.6. The molecule has 0 aliphatic carbocycles. The van der Waals surface area contributed by atoms with Crippen LogP contribution in [-0.2, 0) is 6.54 Å². The lowest BCUT2D eigenvalue weighted by atomic mass is 10.0. The third kappa shape index (κ3) is 3.79. The summed E-state index contributed by atoms with van der Waals surface area (Å²) in [5.41, 5.74) is 7.13. The lowest BCUT2D eigenvalue weighted by Crippen LogP contribution is -2.30. The van der Waals surface area contributed by atoms with E-state index in [0.29, 0.717) is 23.7 Å². The average molecular weight is 311 g/mol. The molecular formula is C16H17ClF2N2. The van der Waals surface area contributed by atoms with Gasteiger partial charge in [-0.05, 0) is 30.8 Å². The van der Waals surface area contributed by atoms with E-state index in [1.807, 2.05) is 11.9 Å². The Morgan fingerprint density at radius 3 is 2.52 bits per heavy atom. The predicted molar refractivity (Wildman–Crippen MR) is 81.1 cm³/mol. The first kappa shape index (κ1) is 15.9. The van der Waals surface area contributed by atoms with Crippen LogP contribution in [0.5, 0.6) is 0 Å². The van der Waals surface area contributed by atoms with E-state index in [-0.39, 0.29) is 11.9 Å². The van der Waals surface area contributed by atoms with Crippen molar-refractivity contribution in [2.45, 2.75) is 12.6 Å². The van der Waals surface area contributed by atoms with Crippen LogP contribution in [0.2, 0.25) is 5.02 Å². The molecule has 2 aromatic rings. The van der Waals surface area contributed by atoms with Crippen molar-refractivity contribution in [2.75, 3.05) is 13.6 Å². The molecule has 1 unspecified atom stereocenters. The van der Waals surface area contributed by atoms with Gasteiger partial charge >= 0.3 is 0 Å². The highest BCUT2D eigenvalue weighted by Gasteiger charge is 2.19. The van der Waals surface area contributed by atoms with Gasteiger partial charge < -0.3 is 5.73 Å². The van der Waals surface area contributed by atoms with Gasteiger partial charge in [-0.25, -0.2) is 8.78 Å².